The second kappa shape index (κ2) is 6.43. The molecule has 1 atom stereocenters. The Morgan fingerprint density at radius 2 is 2.23 bits per heavy atom. The van der Waals surface area contributed by atoms with E-state index in [9.17, 15) is 14.4 Å². The molecule has 3 heterocycles. The van der Waals surface area contributed by atoms with Gasteiger partial charge in [0.05, 0.1) is 6.04 Å². The van der Waals surface area contributed by atoms with Crippen molar-refractivity contribution in [3.63, 3.8) is 0 Å². The summed E-state index contributed by atoms with van der Waals surface area (Å²) in [6.45, 7) is 1.00. The van der Waals surface area contributed by atoms with Crippen molar-refractivity contribution in [2.75, 3.05) is 19.6 Å². The van der Waals surface area contributed by atoms with Crippen LogP contribution in [-0.4, -0.2) is 52.3 Å². The maximum Gasteiger partial charge on any atom is 0.324 e. The highest BCUT2D eigenvalue weighted by Crippen LogP contribution is 2.32. The number of hydrogen-bond acceptors (Lipinski definition) is 5. The van der Waals surface area contributed by atoms with Gasteiger partial charge >= 0.3 is 6.03 Å². The second-order valence-corrected chi connectivity index (χ2v) is 6.42. The topological polar surface area (TPSA) is 82.6 Å². The molecule has 1 N–H and O–H groups in total. The van der Waals surface area contributed by atoms with Crippen molar-refractivity contribution in [3.05, 3.63) is 16.6 Å². The van der Waals surface area contributed by atoms with Crippen molar-refractivity contribution in [2.24, 2.45) is 0 Å². The third kappa shape index (κ3) is 3.11. The molecule has 2 aliphatic heterocycles. The largest absolute Gasteiger partial charge is 0.332 e. The maximum absolute atomic E-state index is 12.6. The zero-order chi connectivity index (χ0) is 15.5. The number of urea groups is 1. The number of nitrogens with one attached hydrogen (secondary N) is 1. The zero-order valence-corrected chi connectivity index (χ0v) is 13.0. The summed E-state index contributed by atoms with van der Waals surface area (Å²) in [5, 5.41) is 5.11. The molecule has 8 heteroatoms. The van der Waals surface area contributed by atoms with Crippen LogP contribution in [0.3, 0.4) is 0 Å². The highest BCUT2D eigenvalue weighted by atomic mass is 32.1. The van der Waals surface area contributed by atoms with E-state index in [0.717, 1.165) is 24.3 Å². The fourth-order valence-electron chi connectivity index (χ4n) is 2.89. The number of aromatic nitrogens is 1. The number of likely N-dealkylation sites (tertiary alicyclic amines) is 1. The molecule has 0 bridgehead atoms. The highest BCUT2D eigenvalue weighted by Gasteiger charge is 2.32. The van der Waals surface area contributed by atoms with E-state index in [4.69, 9.17) is 0 Å². The van der Waals surface area contributed by atoms with Crippen LogP contribution in [0.5, 0.6) is 0 Å². The Bertz CT molecular complexity index is 575. The lowest BCUT2D eigenvalue weighted by molar-refractivity contribution is -0.136. The van der Waals surface area contributed by atoms with Gasteiger partial charge in [0.25, 0.3) is 0 Å². The van der Waals surface area contributed by atoms with Crippen molar-refractivity contribution in [1.29, 1.82) is 0 Å². The number of hydrogen-bond donors (Lipinski definition) is 1. The Hall–Kier alpha value is -1.96. The Morgan fingerprint density at radius 1 is 1.36 bits per heavy atom. The molecule has 0 aromatic carbocycles. The van der Waals surface area contributed by atoms with E-state index in [0.29, 0.717) is 13.1 Å². The molecule has 0 aliphatic carbocycles. The van der Waals surface area contributed by atoms with Crippen LogP contribution in [0.4, 0.5) is 4.79 Å². The van der Waals surface area contributed by atoms with Gasteiger partial charge in [-0.05, 0) is 19.3 Å². The van der Waals surface area contributed by atoms with E-state index in [1.54, 1.807) is 17.5 Å². The first-order chi connectivity index (χ1) is 10.6. The smallest absolute Gasteiger partial charge is 0.324 e. The van der Waals surface area contributed by atoms with Crippen molar-refractivity contribution in [3.8, 4) is 0 Å². The van der Waals surface area contributed by atoms with Gasteiger partial charge < -0.3 is 9.80 Å². The molecule has 2 fully saturated rings. The van der Waals surface area contributed by atoms with E-state index in [-0.39, 0.29) is 30.8 Å². The number of amides is 4. The molecular weight excluding hydrogens is 304 g/mol. The zero-order valence-electron chi connectivity index (χ0n) is 12.2. The van der Waals surface area contributed by atoms with Crippen LogP contribution in [0, 0.1) is 0 Å². The maximum atomic E-state index is 12.6. The highest BCUT2D eigenvalue weighted by molar-refractivity contribution is 7.09. The Labute approximate surface area is 132 Å². The van der Waals surface area contributed by atoms with E-state index in [1.165, 1.54) is 4.90 Å². The number of carbonyl (C=O) groups excluding carboxylic acids is 3. The summed E-state index contributed by atoms with van der Waals surface area (Å²) in [5.41, 5.74) is 0. The molecule has 22 heavy (non-hydrogen) atoms. The fourth-order valence-corrected chi connectivity index (χ4v) is 3.67. The van der Waals surface area contributed by atoms with Gasteiger partial charge in [0, 0.05) is 31.1 Å². The Kier molecular flexibility index (Phi) is 4.37. The molecule has 0 radical (unpaired) electrons. The van der Waals surface area contributed by atoms with Gasteiger partial charge in [-0.2, -0.15) is 0 Å². The van der Waals surface area contributed by atoms with E-state index >= 15 is 0 Å². The molecule has 4 amide bonds. The average Bonchev–Trinajstić information content (AvgIpc) is 3.04. The monoisotopic (exact) mass is 322 g/mol. The van der Waals surface area contributed by atoms with E-state index < -0.39 is 6.03 Å². The number of thiazole rings is 1. The lowest BCUT2D eigenvalue weighted by Crippen LogP contribution is -2.53. The summed E-state index contributed by atoms with van der Waals surface area (Å²) < 4.78 is 0. The van der Waals surface area contributed by atoms with Crippen LogP contribution in [0.15, 0.2) is 11.6 Å². The van der Waals surface area contributed by atoms with Crippen molar-refractivity contribution >= 4 is 29.2 Å². The molecule has 1 aromatic rings. The first-order valence-electron chi connectivity index (χ1n) is 7.43. The lowest BCUT2D eigenvalue weighted by Gasteiger charge is -2.36. The molecule has 3 rings (SSSR count). The molecule has 0 spiro atoms. The van der Waals surface area contributed by atoms with Crippen molar-refractivity contribution in [2.45, 2.75) is 31.7 Å². The van der Waals surface area contributed by atoms with Crippen LogP contribution >= 0.6 is 11.3 Å². The summed E-state index contributed by atoms with van der Waals surface area (Å²) in [5.74, 6) is -0.364. The summed E-state index contributed by atoms with van der Waals surface area (Å²) in [4.78, 5) is 43.1. The standard InChI is InChI=1S/C14H18N4O3S/c19-11-4-7-17(14(21)16-11)9-12(20)18-6-2-1-3-10(18)13-15-5-8-22-13/h5,8,10H,1-4,6-7,9H2,(H,16,19,21)/t10-/m0/s1. The van der Waals surface area contributed by atoms with Crippen LogP contribution in [0.1, 0.15) is 36.7 Å². The third-order valence-electron chi connectivity index (χ3n) is 4.03. The lowest BCUT2D eigenvalue weighted by atomic mass is 10.0. The van der Waals surface area contributed by atoms with Gasteiger partial charge in [-0.25, -0.2) is 9.78 Å². The third-order valence-corrected chi connectivity index (χ3v) is 4.90. The molecule has 0 saturated carbocycles. The number of piperidine rings is 1. The Balaban J connectivity index is 1.67. The summed E-state index contributed by atoms with van der Waals surface area (Å²) in [6, 6.07) is -0.469. The summed E-state index contributed by atoms with van der Waals surface area (Å²) in [6.07, 6.45) is 4.95. The molecule has 2 saturated heterocycles. The normalized spacial score (nSPS) is 22.6. The van der Waals surface area contributed by atoms with Crippen LogP contribution in [-0.2, 0) is 9.59 Å². The van der Waals surface area contributed by atoms with Gasteiger partial charge in [-0.15, -0.1) is 11.3 Å². The van der Waals surface area contributed by atoms with Gasteiger partial charge in [0.1, 0.15) is 11.6 Å². The van der Waals surface area contributed by atoms with Gasteiger partial charge in [-0.3, -0.25) is 14.9 Å². The van der Waals surface area contributed by atoms with E-state index in [2.05, 4.69) is 10.3 Å². The molecule has 7 nitrogen and oxygen atoms in total. The quantitative estimate of drug-likeness (QED) is 0.904. The summed E-state index contributed by atoms with van der Waals surface area (Å²) >= 11 is 1.55. The molecular formula is C14H18N4O3S. The molecule has 118 valence electrons. The Morgan fingerprint density at radius 3 is 2.95 bits per heavy atom. The molecule has 2 aliphatic rings. The van der Waals surface area contributed by atoms with Crippen molar-refractivity contribution in [1.82, 2.24) is 20.1 Å². The first-order valence-corrected chi connectivity index (χ1v) is 8.31. The SMILES string of the molecule is O=C1CCN(CC(=O)N2CCCC[C@H]2c2nccs2)C(=O)N1. The minimum Gasteiger partial charge on any atom is -0.332 e. The minimum absolute atomic E-state index is 0.00994. The fraction of sp³-hybridized carbons (Fsp3) is 0.571. The van der Waals surface area contributed by atoms with Crippen LogP contribution in [0.25, 0.3) is 0 Å². The number of carbonyl (C=O) groups is 3. The second-order valence-electron chi connectivity index (χ2n) is 5.49. The van der Waals surface area contributed by atoms with E-state index in [1.807, 2.05) is 10.3 Å². The molecule has 1 aromatic heterocycles. The van der Waals surface area contributed by atoms with Crippen LogP contribution < -0.4 is 5.32 Å². The predicted octanol–water partition coefficient (Wildman–Crippen LogP) is 1.14. The number of nitrogens with zero attached hydrogens (tertiary/aromatic N) is 3. The van der Waals surface area contributed by atoms with Gasteiger partial charge in [0.2, 0.25) is 11.8 Å². The number of imide groups is 1. The predicted molar refractivity (Wildman–Crippen MR) is 80.1 cm³/mol. The average molecular weight is 322 g/mol. The van der Waals surface area contributed by atoms with Crippen molar-refractivity contribution < 1.29 is 14.4 Å². The van der Waals surface area contributed by atoms with Gasteiger partial charge in [-0.1, -0.05) is 0 Å². The summed E-state index contributed by atoms with van der Waals surface area (Å²) in [7, 11) is 0. The minimum atomic E-state index is -0.479. The van der Waals surface area contributed by atoms with Crippen LogP contribution in [0.2, 0.25) is 0 Å². The first kappa shape index (κ1) is 15.0. The number of rotatable bonds is 3. The van der Waals surface area contributed by atoms with Gasteiger partial charge in [0.15, 0.2) is 0 Å². The molecule has 0 unspecified atom stereocenters.